The van der Waals surface area contributed by atoms with Crippen molar-refractivity contribution >= 4 is 18.0 Å². The van der Waals surface area contributed by atoms with Gasteiger partial charge in [-0.25, -0.2) is 5.48 Å². The van der Waals surface area contributed by atoms with Gasteiger partial charge in [-0.05, 0) is 74.8 Å². The molecule has 2 rings (SSSR count). The van der Waals surface area contributed by atoms with Crippen molar-refractivity contribution in [2.75, 3.05) is 13.2 Å². The number of rotatable bonds is 12. The maximum absolute atomic E-state index is 12.5. The minimum Gasteiger partial charge on any atom is -0.494 e. The highest BCUT2D eigenvalue weighted by molar-refractivity contribution is 5.90. The third kappa shape index (κ3) is 8.97. The number of carbonyl (C=O) groups excluding carboxylic acids is 2. The van der Waals surface area contributed by atoms with Crippen LogP contribution in [-0.2, 0) is 14.3 Å². The van der Waals surface area contributed by atoms with E-state index in [0.717, 1.165) is 49.8 Å². The predicted molar refractivity (Wildman–Crippen MR) is 115 cm³/mol. The zero-order valence-corrected chi connectivity index (χ0v) is 17.9. The van der Waals surface area contributed by atoms with Gasteiger partial charge in [-0.3, -0.25) is 14.8 Å². The number of benzene rings is 1. The minimum absolute atomic E-state index is 0.0909. The van der Waals surface area contributed by atoms with E-state index in [-0.39, 0.29) is 18.1 Å². The van der Waals surface area contributed by atoms with Crippen LogP contribution in [0.1, 0.15) is 57.9 Å². The van der Waals surface area contributed by atoms with E-state index in [1.807, 2.05) is 24.3 Å². The molecule has 0 spiro atoms. The molecule has 1 aromatic rings. The van der Waals surface area contributed by atoms with Crippen molar-refractivity contribution < 1.29 is 24.3 Å². The second kappa shape index (κ2) is 13.0. The highest BCUT2D eigenvalue weighted by Gasteiger charge is 2.25. The number of carbonyl (C=O) groups is 2. The van der Waals surface area contributed by atoms with Gasteiger partial charge in [0.1, 0.15) is 17.9 Å². The summed E-state index contributed by atoms with van der Waals surface area (Å²) in [4.78, 5) is 23.5. The smallest absolute Gasteiger partial charge is 0.323 e. The maximum atomic E-state index is 12.5. The molecule has 1 saturated carbocycles. The molecule has 0 aliphatic heterocycles. The van der Waals surface area contributed by atoms with Crippen molar-refractivity contribution in [3.8, 4) is 5.75 Å². The number of ether oxygens (including phenoxy) is 2. The first-order valence-electron chi connectivity index (χ1n) is 10.8. The molecule has 7 nitrogen and oxygen atoms in total. The third-order valence-electron chi connectivity index (χ3n) is 4.97. The number of esters is 1. The van der Waals surface area contributed by atoms with Crippen LogP contribution in [-0.4, -0.2) is 42.4 Å². The predicted octanol–water partition coefficient (Wildman–Crippen LogP) is 3.46. The number of hydrogen-bond donors (Lipinski definition) is 3. The summed E-state index contributed by atoms with van der Waals surface area (Å²) in [5.41, 5.74) is 2.37. The van der Waals surface area contributed by atoms with Gasteiger partial charge in [0.2, 0.25) is 0 Å². The van der Waals surface area contributed by atoms with Crippen molar-refractivity contribution in [1.29, 1.82) is 0 Å². The number of amides is 1. The van der Waals surface area contributed by atoms with Crippen molar-refractivity contribution in [3.63, 3.8) is 0 Å². The van der Waals surface area contributed by atoms with Gasteiger partial charge in [-0.1, -0.05) is 26.0 Å². The molecule has 7 heteroatoms. The lowest BCUT2D eigenvalue weighted by Crippen LogP contribution is -2.41. The molecule has 0 aromatic heterocycles. The lowest BCUT2D eigenvalue weighted by atomic mass is 10.0. The second-order valence-corrected chi connectivity index (χ2v) is 8.06. The molecule has 0 bridgehead atoms. The lowest BCUT2D eigenvalue weighted by molar-refractivity contribution is -0.151. The monoisotopic (exact) mass is 418 g/mol. The van der Waals surface area contributed by atoms with Crippen molar-refractivity contribution in [1.82, 2.24) is 10.8 Å². The molecule has 1 atom stereocenters. The van der Waals surface area contributed by atoms with E-state index in [2.05, 4.69) is 19.2 Å². The fourth-order valence-corrected chi connectivity index (χ4v) is 3.41. The van der Waals surface area contributed by atoms with Gasteiger partial charge < -0.3 is 14.8 Å². The van der Waals surface area contributed by atoms with Crippen molar-refractivity contribution in [3.05, 3.63) is 35.9 Å². The molecule has 1 fully saturated rings. The minimum atomic E-state index is -0.578. The quantitative estimate of drug-likeness (QED) is 0.158. The van der Waals surface area contributed by atoms with Gasteiger partial charge in [0.25, 0.3) is 5.91 Å². The highest BCUT2D eigenvalue weighted by atomic mass is 16.5. The van der Waals surface area contributed by atoms with Crippen LogP contribution >= 0.6 is 0 Å². The van der Waals surface area contributed by atoms with Crippen LogP contribution in [0.3, 0.4) is 0 Å². The molecule has 0 unspecified atom stereocenters. The van der Waals surface area contributed by atoms with E-state index < -0.39 is 5.91 Å². The molecule has 0 saturated heterocycles. The summed E-state index contributed by atoms with van der Waals surface area (Å²) in [6.07, 6.45) is 8.71. The topological polar surface area (TPSA) is 96.9 Å². The van der Waals surface area contributed by atoms with Gasteiger partial charge in [0.05, 0.1) is 6.61 Å². The summed E-state index contributed by atoms with van der Waals surface area (Å²) < 4.78 is 11.4. The summed E-state index contributed by atoms with van der Waals surface area (Å²) in [6, 6.07) is 7.03. The van der Waals surface area contributed by atoms with Crippen LogP contribution < -0.4 is 15.5 Å². The van der Waals surface area contributed by atoms with Gasteiger partial charge >= 0.3 is 5.97 Å². The third-order valence-corrected chi connectivity index (χ3v) is 4.97. The van der Waals surface area contributed by atoms with Crippen LogP contribution in [0.2, 0.25) is 0 Å². The standard InChI is InChI=1S/C23H34N2O5/c1-17(2)16-21(23(27)30-20-6-3-4-7-20)24-14-5-15-29-19-11-8-18(9-12-19)10-13-22(26)25-28/h8-13,17,20-21,24,28H,3-7,14-16H2,1-2H3,(H,25,26)/b13-10+/t21-/m1/s1. The van der Waals surface area contributed by atoms with E-state index >= 15 is 0 Å². The molecular weight excluding hydrogens is 384 g/mol. The van der Waals surface area contributed by atoms with Crippen LogP contribution in [0.4, 0.5) is 0 Å². The first-order valence-corrected chi connectivity index (χ1v) is 10.8. The molecule has 1 aliphatic carbocycles. The van der Waals surface area contributed by atoms with Crippen LogP contribution in [0, 0.1) is 5.92 Å². The number of hydrogen-bond acceptors (Lipinski definition) is 6. The SMILES string of the molecule is CC(C)C[C@@H](NCCCOc1ccc(/C=C/C(=O)NO)cc1)C(=O)OC1CCCC1. The van der Waals surface area contributed by atoms with E-state index in [1.54, 1.807) is 11.6 Å². The first kappa shape index (κ1) is 23.9. The fraction of sp³-hybridized carbons (Fsp3) is 0.565. The zero-order chi connectivity index (χ0) is 21.8. The van der Waals surface area contributed by atoms with Gasteiger partial charge in [0.15, 0.2) is 0 Å². The molecule has 3 N–H and O–H groups in total. The van der Waals surface area contributed by atoms with Gasteiger partial charge in [-0.15, -0.1) is 0 Å². The molecule has 1 aliphatic rings. The fourth-order valence-electron chi connectivity index (χ4n) is 3.41. The van der Waals surface area contributed by atoms with E-state index in [9.17, 15) is 9.59 Å². The Balaban J connectivity index is 1.70. The van der Waals surface area contributed by atoms with Gasteiger partial charge in [-0.2, -0.15) is 0 Å². The average Bonchev–Trinajstić information content (AvgIpc) is 3.24. The van der Waals surface area contributed by atoms with Crippen LogP contribution in [0.25, 0.3) is 6.08 Å². The molecular formula is C23H34N2O5. The summed E-state index contributed by atoms with van der Waals surface area (Å²) >= 11 is 0. The first-order chi connectivity index (χ1) is 14.5. The summed E-state index contributed by atoms with van der Waals surface area (Å²) in [7, 11) is 0. The van der Waals surface area contributed by atoms with E-state index in [4.69, 9.17) is 14.7 Å². The molecule has 30 heavy (non-hydrogen) atoms. The zero-order valence-electron chi connectivity index (χ0n) is 17.9. The molecule has 166 valence electrons. The normalized spacial score (nSPS) is 15.5. The van der Waals surface area contributed by atoms with E-state index in [0.29, 0.717) is 19.1 Å². The van der Waals surface area contributed by atoms with E-state index in [1.165, 1.54) is 6.08 Å². The van der Waals surface area contributed by atoms with Crippen molar-refractivity contribution in [2.45, 2.75) is 64.5 Å². The highest BCUT2D eigenvalue weighted by Crippen LogP contribution is 2.22. The Morgan fingerprint density at radius 2 is 1.90 bits per heavy atom. The summed E-state index contributed by atoms with van der Waals surface area (Å²) in [6.45, 7) is 5.42. The average molecular weight is 419 g/mol. The Morgan fingerprint density at radius 1 is 1.20 bits per heavy atom. The molecule has 0 radical (unpaired) electrons. The van der Waals surface area contributed by atoms with Gasteiger partial charge in [0, 0.05) is 6.08 Å². The summed E-state index contributed by atoms with van der Waals surface area (Å²) in [5.74, 6) is 0.435. The molecule has 0 heterocycles. The Bertz CT molecular complexity index is 681. The summed E-state index contributed by atoms with van der Waals surface area (Å²) in [5, 5.41) is 11.8. The number of hydroxylamine groups is 1. The van der Waals surface area contributed by atoms with Crippen molar-refractivity contribution in [2.24, 2.45) is 5.92 Å². The van der Waals surface area contributed by atoms with Crippen LogP contribution in [0.5, 0.6) is 5.75 Å². The lowest BCUT2D eigenvalue weighted by Gasteiger charge is -2.21. The molecule has 1 amide bonds. The largest absolute Gasteiger partial charge is 0.494 e. The Hall–Kier alpha value is -2.38. The Morgan fingerprint density at radius 3 is 2.53 bits per heavy atom. The second-order valence-electron chi connectivity index (χ2n) is 8.06. The van der Waals surface area contributed by atoms with Crippen LogP contribution in [0.15, 0.2) is 30.3 Å². The Kier molecular flexibility index (Phi) is 10.4. The number of nitrogens with one attached hydrogen (secondary N) is 2. The molecule has 1 aromatic carbocycles. The maximum Gasteiger partial charge on any atom is 0.323 e. The Labute approximate surface area is 178 Å².